The number of hydrogen-bond acceptors (Lipinski definition) is 5. The van der Waals surface area contributed by atoms with E-state index in [9.17, 15) is 4.79 Å². The summed E-state index contributed by atoms with van der Waals surface area (Å²) in [5.74, 6) is 1.33. The van der Waals surface area contributed by atoms with E-state index in [4.69, 9.17) is 25.8 Å². The largest absolute Gasteiger partial charge is 0.493 e. The molecule has 6 nitrogen and oxygen atoms in total. The van der Waals surface area contributed by atoms with E-state index >= 15 is 0 Å². The number of nitrogens with one attached hydrogen (secondary N) is 2. The second-order valence-electron chi connectivity index (χ2n) is 7.47. The molecule has 0 saturated heterocycles. The van der Waals surface area contributed by atoms with Gasteiger partial charge < -0.3 is 19.5 Å². The fourth-order valence-electron chi connectivity index (χ4n) is 4.10. The van der Waals surface area contributed by atoms with Gasteiger partial charge in [-0.05, 0) is 30.5 Å². The zero-order chi connectivity index (χ0) is 21.6. The topological polar surface area (TPSA) is 68.8 Å². The lowest BCUT2D eigenvalue weighted by Gasteiger charge is -2.39. The molecule has 0 spiro atoms. The summed E-state index contributed by atoms with van der Waals surface area (Å²) in [5.41, 5.74) is 1.54. The van der Waals surface area contributed by atoms with E-state index in [1.54, 1.807) is 33.5 Å². The van der Waals surface area contributed by atoms with E-state index in [0.717, 1.165) is 25.7 Å². The summed E-state index contributed by atoms with van der Waals surface area (Å²) >= 11 is 6.07. The Morgan fingerprint density at radius 2 is 1.57 bits per heavy atom. The van der Waals surface area contributed by atoms with Crippen LogP contribution in [0.4, 0.5) is 5.69 Å². The van der Waals surface area contributed by atoms with Gasteiger partial charge >= 0.3 is 0 Å². The second-order valence-corrected chi connectivity index (χ2v) is 7.90. The Labute approximate surface area is 182 Å². The molecule has 0 atom stereocenters. The molecule has 0 aromatic heterocycles. The monoisotopic (exact) mass is 432 g/mol. The number of amides is 1. The van der Waals surface area contributed by atoms with Gasteiger partial charge in [0.2, 0.25) is 11.7 Å². The first-order valence-corrected chi connectivity index (χ1v) is 10.5. The number of methoxy groups -OCH3 is 3. The number of rotatable bonds is 8. The van der Waals surface area contributed by atoms with Gasteiger partial charge in [-0.2, -0.15) is 0 Å². The minimum Gasteiger partial charge on any atom is -0.493 e. The molecule has 1 saturated carbocycles. The van der Waals surface area contributed by atoms with Crippen LogP contribution in [0, 0.1) is 0 Å². The van der Waals surface area contributed by atoms with Crippen molar-refractivity contribution in [2.75, 3.05) is 33.2 Å². The summed E-state index contributed by atoms with van der Waals surface area (Å²) < 4.78 is 16.0. The van der Waals surface area contributed by atoms with Crippen molar-refractivity contribution in [2.24, 2.45) is 0 Å². The van der Waals surface area contributed by atoms with E-state index in [1.807, 2.05) is 12.1 Å². The first-order chi connectivity index (χ1) is 14.5. The molecular formula is C23H29ClN2O4. The Morgan fingerprint density at radius 3 is 2.10 bits per heavy atom. The number of carbonyl (C=O) groups excluding carboxylic acids is 1. The third-order valence-electron chi connectivity index (χ3n) is 5.64. The zero-order valence-corrected chi connectivity index (χ0v) is 18.5. The molecule has 30 heavy (non-hydrogen) atoms. The minimum atomic E-state index is -0.213. The van der Waals surface area contributed by atoms with E-state index in [-0.39, 0.29) is 18.0 Å². The molecule has 0 unspecified atom stereocenters. The molecule has 162 valence electrons. The number of halogens is 1. The van der Waals surface area contributed by atoms with Crippen molar-refractivity contribution in [3.05, 3.63) is 47.0 Å². The van der Waals surface area contributed by atoms with Crippen molar-refractivity contribution >= 4 is 23.2 Å². The van der Waals surface area contributed by atoms with Crippen LogP contribution in [-0.2, 0) is 10.3 Å². The molecule has 1 aliphatic rings. The van der Waals surface area contributed by atoms with Crippen LogP contribution in [0.25, 0.3) is 0 Å². The van der Waals surface area contributed by atoms with Crippen molar-refractivity contribution < 1.29 is 19.0 Å². The molecule has 1 fully saturated rings. The molecule has 2 aromatic rings. The molecule has 0 radical (unpaired) electrons. The lowest BCUT2D eigenvalue weighted by Crippen LogP contribution is -2.47. The van der Waals surface area contributed by atoms with Gasteiger partial charge in [-0.3, -0.25) is 10.1 Å². The minimum absolute atomic E-state index is 0.136. The van der Waals surface area contributed by atoms with Gasteiger partial charge in [0.1, 0.15) is 0 Å². The maximum atomic E-state index is 12.7. The van der Waals surface area contributed by atoms with Crippen molar-refractivity contribution in [1.82, 2.24) is 5.32 Å². The van der Waals surface area contributed by atoms with Crippen LogP contribution >= 0.6 is 11.6 Å². The number of anilines is 1. The van der Waals surface area contributed by atoms with Gasteiger partial charge in [-0.15, -0.1) is 0 Å². The average Bonchev–Trinajstić information content (AvgIpc) is 2.78. The summed E-state index contributed by atoms with van der Waals surface area (Å²) in [6.45, 7) is 0.194. The summed E-state index contributed by atoms with van der Waals surface area (Å²) in [6.07, 6.45) is 5.46. The van der Waals surface area contributed by atoms with Gasteiger partial charge in [-0.1, -0.05) is 43.0 Å². The van der Waals surface area contributed by atoms with E-state index in [0.29, 0.717) is 28.0 Å². The summed E-state index contributed by atoms with van der Waals surface area (Å²) in [5, 5.41) is 7.16. The maximum absolute atomic E-state index is 12.7. The first kappa shape index (κ1) is 22.2. The van der Waals surface area contributed by atoms with Crippen molar-refractivity contribution in [3.63, 3.8) is 0 Å². The van der Waals surface area contributed by atoms with Crippen molar-refractivity contribution in [3.8, 4) is 17.2 Å². The summed E-state index contributed by atoms with van der Waals surface area (Å²) in [7, 11) is 4.63. The fourth-order valence-corrected chi connectivity index (χ4v) is 4.23. The SMILES string of the molecule is COc1cc(NC(=O)CNC2(c3ccc(Cl)cc3)CCCCC2)cc(OC)c1OC. The normalized spacial score (nSPS) is 15.3. The Hall–Kier alpha value is -2.44. The van der Waals surface area contributed by atoms with Crippen LogP contribution in [0.2, 0.25) is 5.02 Å². The van der Waals surface area contributed by atoms with Gasteiger partial charge in [-0.25, -0.2) is 0 Å². The Kier molecular flexibility index (Phi) is 7.45. The van der Waals surface area contributed by atoms with Gasteiger partial charge in [0.25, 0.3) is 0 Å². The van der Waals surface area contributed by atoms with Gasteiger partial charge in [0.15, 0.2) is 11.5 Å². The van der Waals surface area contributed by atoms with Crippen molar-refractivity contribution in [2.45, 2.75) is 37.6 Å². The Morgan fingerprint density at radius 1 is 0.967 bits per heavy atom. The third kappa shape index (κ3) is 4.99. The second kappa shape index (κ2) is 10.0. The molecule has 0 aliphatic heterocycles. The fraction of sp³-hybridized carbons (Fsp3) is 0.435. The van der Waals surface area contributed by atoms with E-state index in [2.05, 4.69) is 22.8 Å². The standard InChI is InChI=1S/C23H29ClN2O4/c1-28-19-13-18(14-20(29-2)22(19)30-3)26-21(27)15-25-23(11-5-4-6-12-23)16-7-9-17(24)10-8-16/h7-10,13-14,25H,4-6,11-12,15H2,1-3H3,(H,26,27). The molecule has 0 heterocycles. The number of ether oxygens (including phenoxy) is 3. The van der Waals surface area contributed by atoms with Crippen LogP contribution < -0.4 is 24.8 Å². The molecule has 1 amide bonds. The Balaban J connectivity index is 1.73. The highest BCUT2D eigenvalue weighted by molar-refractivity contribution is 6.30. The lowest BCUT2D eigenvalue weighted by atomic mass is 9.76. The Bertz CT molecular complexity index is 839. The third-order valence-corrected chi connectivity index (χ3v) is 5.89. The predicted octanol–water partition coefficient (Wildman–Crippen LogP) is 4.75. The smallest absolute Gasteiger partial charge is 0.238 e. The molecule has 0 bridgehead atoms. The van der Waals surface area contributed by atoms with Gasteiger partial charge in [0.05, 0.1) is 27.9 Å². The van der Waals surface area contributed by atoms with Crippen LogP contribution in [-0.4, -0.2) is 33.8 Å². The quantitative estimate of drug-likeness (QED) is 0.629. The highest BCUT2D eigenvalue weighted by atomic mass is 35.5. The van der Waals surface area contributed by atoms with Crippen LogP contribution in [0.5, 0.6) is 17.2 Å². The average molecular weight is 433 g/mol. The maximum Gasteiger partial charge on any atom is 0.238 e. The van der Waals surface area contributed by atoms with Crippen molar-refractivity contribution in [1.29, 1.82) is 0 Å². The van der Waals surface area contributed by atoms with Crippen LogP contribution in [0.1, 0.15) is 37.7 Å². The molecule has 2 N–H and O–H groups in total. The number of hydrogen-bond donors (Lipinski definition) is 2. The highest BCUT2D eigenvalue weighted by Crippen LogP contribution is 2.40. The lowest BCUT2D eigenvalue weighted by molar-refractivity contribution is -0.115. The summed E-state index contributed by atoms with van der Waals surface area (Å²) in [6, 6.07) is 11.4. The van der Waals surface area contributed by atoms with Crippen LogP contribution in [0.15, 0.2) is 36.4 Å². The molecule has 1 aliphatic carbocycles. The molecule has 2 aromatic carbocycles. The van der Waals surface area contributed by atoms with E-state index < -0.39 is 0 Å². The van der Waals surface area contributed by atoms with Crippen LogP contribution in [0.3, 0.4) is 0 Å². The summed E-state index contributed by atoms with van der Waals surface area (Å²) in [4.78, 5) is 12.7. The first-order valence-electron chi connectivity index (χ1n) is 10.1. The number of benzene rings is 2. The van der Waals surface area contributed by atoms with Gasteiger partial charge in [0, 0.05) is 28.4 Å². The zero-order valence-electron chi connectivity index (χ0n) is 17.7. The molecular weight excluding hydrogens is 404 g/mol. The number of carbonyl (C=O) groups is 1. The molecule has 3 rings (SSSR count). The van der Waals surface area contributed by atoms with E-state index in [1.165, 1.54) is 12.0 Å². The highest BCUT2D eigenvalue weighted by Gasteiger charge is 2.33. The molecule has 7 heteroatoms. The predicted molar refractivity (Wildman–Crippen MR) is 119 cm³/mol.